The highest BCUT2D eigenvalue weighted by Gasteiger charge is 2.48. The number of esters is 3. The normalized spacial score (nSPS) is 10.1. The van der Waals surface area contributed by atoms with Gasteiger partial charge in [-0.25, -0.2) is 41.1 Å². The number of carbonyl (C=O) groups is 5. The van der Waals surface area contributed by atoms with E-state index in [9.17, 15) is 67.5 Å². The molecule has 7 rings (SSSR count). The van der Waals surface area contributed by atoms with Gasteiger partial charge < -0.3 is 59.0 Å². The van der Waals surface area contributed by atoms with E-state index in [2.05, 4.69) is 89.3 Å². The second-order valence-electron chi connectivity index (χ2n) is 20.7. The number of aromatic hydroxyl groups is 5. The molecule has 0 aromatic heterocycles. The van der Waals surface area contributed by atoms with Crippen LogP contribution in [0, 0.1) is 64.7 Å². The molecule has 0 fully saturated rings. The van der Waals surface area contributed by atoms with Gasteiger partial charge >= 0.3 is 45.5 Å². The van der Waals surface area contributed by atoms with Crippen molar-refractivity contribution in [3.05, 3.63) is 213 Å². The molecule has 100 heavy (non-hydrogen) atoms. The molecule has 0 radical (unpaired) electrons. The van der Waals surface area contributed by atoms with Gasteiger partial charge in [0.1, 0.15) is 77.7 Å². The fourth-order valence-electron chi connectivity index (χ4n) is 5.75. The van der Waals surface area contributed by atoms with Crippen molar-refractivity contribution < 1.29 is 122 Å². The summed E-state index contributed by atoms with van der Waals surface area (Å²) < 4.78 is 140. The van der Waals surface area contributed by atoms with Gasteiger partial charge in [0, 0.05) is 35.9 Å². The number of aromatic carboxylic acids is 1. The Hall–Kier alpha value is -11.1. The number of benzene rings is 7. The number of aliphatic carboxylic acids is 1. The maximum atomic E-state index is 13.4. The molecule has 20 nitrogen and oxygen atoms in total. The van der Waals surface area contributed by atoms with Gasteiger partial charge in [0.2, 0.25) is 0 Å². The number of hydrogen-bond donors (Lipinski definition) is 7. The third-order valence-electron chi connectivity index (χ3n) is 11.4. The first-order valence-electron chi connectivity index (χ1n) is 29.1. The quantitative estimate of drug-likeness (QED) is 0.0107. The summed E-state index contributed by atoms with van der Waals surface area (Å²) in [5.74, 6) is -7.78. The summed E-state index contributed by atoms with van der Waals surface area (Å²) in [6.07, 6.45) is 11.2. The Kier molecular flexibility index (Phi) is 42.0. The molecule has 0 heterocycles. The molecule has 30 heteroatoms. The molecule has 0 bridgehead atoms. The number of phenols is 5. The average Bonchev–Trinajstić information content (AvgIpc) is 0.823. The van der Waals surface area contributed by atoms with Crippen LogP contribution in [0.15, 0.2) is 140 Å². The monoisotopic (exact) mass is 1440 g/mol. The second-order valence-corrected chi connectivity index (χ2v) is 27.1. The number of nitriles is 1. The van der Waals surface area contributed by atoms with Crippen molar-refractivity contribution in [3.8, 4) is 64.9 Å². The van der Waals surface area contributed by atoms with Crippen LogP contribution in [-0.2, 0) is 42.0 Å². The van der Waals surface area contributed by atoms with E-state index in [1.807, 2.05) is 12.1 Å². The van der Waals surface area contributed by atoms with E-state index >= 15 is 0 Å². The molecule has 0 atom stereocenters. The molecule has 7 aromatic carbocycles. The van der Waals surface area contributed by atoms with Crippen molar-refractivity contribution in [1.82, 2.24) is 4.90 Å². The van der Waals surface area contributed by atoms with Crippen molar-refractivity contribution in [1.29, 1.82) is 5.26 Å². The molecule has 0 unspecified atom stereocenters. The lowest BCUT2D eigenvalue weighted by molar-refractivity contribution is -0.136. The minimum atomic E-state index is -5.89. The lowest BCUT2D eigenvalue weighted by atomic mass is 10.1. The van der Waals surface area contributed by atoms with Crippen LogP contribution in [-0.4, -0.2) is 132 Å². The minimum absolute atomic E-state index is 0.000278. The smallest absolute Gasteiger partial charge is 0.508 e. The number of phenolic OH excluding ortho intramolecular Hbond substituents is 5. The Bertz CT molecular complexity index is 3990. The van der Waals surface area contributed by atoms with Crippen LogP contribution in [0.4, 0.5) is 35.1 Å². The molecule has 0 saturated heterocycles. The highest BCUT2D eigenvalue weighted by atomic mass is 32.2. The van der Waals surface area contributed by atoms with Crippen LogP contribution in [0.3, 0.4) is 0 Å². The first-order chi connectivity index (χ1) is 46.5. The molecular weight excluding hydrogens is 1370 g/mol. The molecule has 7 aromatic rings. The van der Waals surface area contributed by atoms with Crippen LogP contribution in [0.25, 0.3) is 0 Å². The van der Waals surface area contributed by atoms with Crippen LogP contribution in [0.2, 0.25) is 19.6 Å². The number of aryl methyl sites for hydroxylation is 1. The zero-order valence-electron chi connectivity index (χ0n) is 56.0. The largest absolute Gasteiger partial charge is 0.534 e. The van der Waals surface area contributed by atoms with Crippen molar-refractivity contribution in [2.45, 2.75) is 85.6 Å². The fraction of sp³-hybridized carbons (Fsp3) is 0.257. The van der Waals surface area contributed by atoms with Crippen LogP contribution < -0.4 is 4.18 Å². The second kappa shape index (κ2) is 46.1. The van der Waals surface area contributed by atoms with Gasteiger partial charge in [-0.05, 0) is 157 Å². The van der Waals surface area contributed by atoms with Gasteiger partial charge in [-0.3, -0.25) is 4.79 Å². The molecule has 0 saturated carbocycles. The van der Waals surface area contributed by atoms with E-state index in [1.165, 1.54) is 61.0 Å². The van der Waals surface area contributed by atoms with E-state index in [4.69, 9.17) is 53.9 Å². The van der Waals surface area contributed by atoms with Gasteiger partial charge in [-0.2, -0.15) is 26.9 Å². The third kappa shape index (κ3) is 38.0. The van der Waals surface area contributed by atoms with Crippen molar-refractivity contribution in [3.63, 3.8) is 0 Å². The predicted octanol–water partition coefficient (Wildman–Crippen LogP) is 14.0. The highest BCUT2D eigenvalue weighted by molar-refractivity contribution is 7.88. The lowest BCUT2D eigenvalue weighted by Crippen LogP contribution is -2.28. The number of rotatable bonds is 13. The molecule has 0 aliphatic rings. The number of alkyl halides is 3. The van der Waals surface area contributed by atoms with E-state index in [0.29, 0.717) is 35.1 Å². The number of ether oxygens (including phenoxy) is 3. The molecule has 0 aliphatic heterocycles. The Balaban J connectivity index is 0. The summed E-state index contributed by atoms with van der Waals surface area (Å²) >= 11 is 0. The summed E-state index contributed by atoms with van der Waals surface area (Å²) in [6.45, 7) is 18.0. The Morgan fingerprint density at radius 2 is 0.880 bits per heavy atom. The average molecular weight is 1450 g/mol. The minimum Gasteiger partial charge on any atom is -0.508 e. The van der Waals surface area contributed by atoms with E-state index in [0.717, 1.165) is 48.9 Å². The number of carbonyl (C=O) groups excluding carboxylic acids is 3. The zero-order valence-corrected chi connectivity index (χ0v) is 57.8. The van der Waals surface area contributed by atoms with Gasteiger partial charge in [0.15, 0.2) is 0 Å². The fourth-order valence-corrected chi connectivity index (χ4v) is 6.20. The van der Waals surface area contributed by atoms with Gasteiger partial charge in [-0.15, -0.1) is 18.4 Å². The zero-order chi connectivity index (χ0) is 77.3. The first kappa shape index (κ1) is 90.9. The van der Waals surface area contributed by atoms with Gasteiger partial charge in [0.05, 0.1) is 54.1 Å². The molecule has 540 valence electrons. The Labute approximate surface area is 575 Å². The maximum Gasteiger partial charge on any atom is 0.534 e. The third-order valence-corrected chi connectivity index (χ3v) is 13.2. The standard InChI is InChI=1S/C11H9FO2.C10H8F4O5S.C9H9FO3.C8H8O3.C8H10O.C7H4FNO.C7H5FO3.C5H13N.C5H10Si/c1-3-8-5-6-9(10(12)7-8)11(13)14-4-2;1-2-18-9(15)7-4-3-6(5-8(7)11)19-20(16,17)10(12,13)14;1-2-13-9(12)7-4-3-6(11)5-8(7)10;9-7-3-1-6(2-4-7)5-8(10)11;1-2-7-3-5-8(9)6-4-7;8-7-3-6(10)2-1-5(7)4-9;8-6-3-4(9)1-2-5(6)7(10)11;1-5(2)6(3)4;1-5-6(2,3)4/h1,5-7H,4H2,2H3;3-5H,2H2,1H3;3-5,11H,2H2,1H3;1-4,9H,5H2,(H,10,11);3-6,9H,2H2,1H3;1-3,10H;1-3,9H,(H,10,11);5H,1-4H3;1H,2-4H3. The Morgan fingerprint density at radius 1 is 0.540 bits per heavy atom. The molecular formula is C70H76F8N2O18SSi. The number of halogens is 8. The van der Waals surface area contributed by atoms with E-state index < -0.39 is 99.5 Å². The first-order valence-corrected chi connectivity index (χ1v) is 34.0. The van der Waals surface area contributed by atoms with Crippen molar-refractivity contribution in [2.24, 2.45) is 0 Å². The number of carboxylic acids is 2. The SMILES string of the molecule is C#C[Si](C)(C)C.C#Cc1ccc(C(=O)OCC)c(F)c1.CC(C)N(C)C.CCOC(=O)c1ccc(O)cc1F.CCOC(=O)c1ccc(OS(=O)(=O)C(F)(F)F)cc1F.CCc1ccc(O)cc1.N#Cc1ccc(O)cc1F.O=C(O)Cc1ccc(O)cc1.O=C(O)c1ccc(O)cc1F. The maximum absolute atomic E-state index is 13.4. The molecule has 0 amide bonds. The number of carboxylic acid groups (broad SMARTS) is 2. The van der Waals surface area contributed by atoms with Gasteiger partial charge in [-0.1, -0.05) is 56.8 Å². The lowest BCUT2D eigenvalue weighted by Gasteiger charge is -2.12. The van der Waals surface area contributed by atoms with Crippen molar-refractivity contribution in [2.75, 3.05) is 33.9 Å². The number of hydrogen-bond acceptors (Lipinski definition) is 18. The van der Waals surface area contributed by atoms with E-state index in [-0.39, 0.29) is 65.9 Å². The summed E-state index contributed by atoms with van der Waals surface area (Å²) in [6, 6.07) is 31.0. The van der Waals surface area contributed by atoms with Crippen LogP contribution in [0.1, 0.15) is 105 Å². The Morgan fingerprint density at radius 3 is 1.18 bits per heavy atom. The number of nitrogens with zero attached hydrogens (tertiary/aromatic N) is 2. The highest BCUT2D eigenvalue weighted by Crippen LogP contribution is 2.28. The van der Waals surface area contributed by atoms with E-state index in [1.54, 1.807) is 44.2 Å². The molecule has 0 aliphatic carbocycles. The predicted molar refractivity (Wildman–Crippen MR) is 358 cm³/mol. The summed E-state index contributed by atoms with van der Waals surface area (Å²) in [7, 11) is -2.85. The summed E-state index contributed by atoms with van der Waals surface area (Å²) in [5.41, 5.74) is -1.86. The van der Waals surface area contributed by atoms with Crippen molar-refractivity contribution >= 4 is 48.0 Å². The van der Waals surface area contributed by atoms with Crippen LogP contribution >= 0.6 is 0 Å². The number of terminal acetylenes is 2. The summed E-state index contributed by atoms with van der Waals surface area (Å²) in [4.78, 5) is 56.0. The van der Waals surface area contributed by atoms with Gasteiger partial charge in [0.25, 0.3) is 0 Å². The topological polar surface area (TPSA) is 325 Å². The molecule has 7 N–H and O–H groups in total. The summed E-state index contributed by atoms with van der Waals surface area (Å²) in [5, 5.41) is 68.9. The van der Waals surface area contributed by atoms with Crippen LogP contribution in [0.5, 0.6) is 34.5 Å². The molecule has 0 spiro atoms.